The number of hydrogen-bond acceptors (Lipinski definition) is 8. The number of anilines is 2. The molecule has 0 aliphatic carbocycles. The van der Waals surface area contributed by atoms with E-state index >= 15 is 0 Å². The van der Waals surface area contributed by atoms with Gasteiger partial charge in [0, 0.05) is 12.2 Å². The van der Waals surface area contributed by atoms with Crippen LogP contribution >= 0.6 is 0 Å². The fourth-order valence-corrected chi connectivity index (χ4v) is 3.29. The van der Waals surface area contributed by atoms with Gasteiger partial charge in [-0.3, -0.25) is 8.98 Å². The molecule has 0 bridgehead atoms. The van der Waals surface area contributed by atoms with Gasteiger partial charge in [-0.25, -0.2) is 8.42 Å². The summed E-state index contributed by atoms with van der Waals surface area (Å²) in [6.45, 7) is 6.94. The van der Waals surface area contributed by atoms with E-state index in [2.05, 4.69) is 42.3 Å². The largest absolute Gasteiger partial charge is 0.726 e. The third-order valence-electron chi connectivity index (χ3n) is 5.35. The maximum Gasteiger partial charge on any atom is 0.280 e. The van der Waals surface area contributed by atoms with Crippen molar-refractivity contribution in [1.82, 2.24) is 0 Å². The van der Waals surface area contributed by atoms with Crippen LogP contribution in [0.5, 0.6) is 5.75 Å². The molecule has 0 spiro atoms. The molecule has 1 aliphatic rings. The SMILES string of the molecule is CCN(CC[N+](C)(C)C)c1ccc(N2N=C(C)/C(=C\c3ccc(O)cc3)C2=O)cc1.COS(=O)(=O)[O-]. The van der Waals surface area contributed by atoms with Crippen molar-refractivity contribution in [1.29, 1.82) is 0 Å². The molecule has 0 unspecified atom stereocenters. The van der Waals surface area contributed by atoms with Crippen molar-refractivity contribution in [2.45, 2.75) is 13.8 Å². The molecule has 0 aromatic heterocycles. The number of aromatic hydroxyl groups is 1. The molecular formula is C25H34N4O6S. The van der Waals surface area contributed by atoms with Crippen LogP contribution < -0.4 is 9.91 Å². The molecule has 10 nitrogen and oxygen atoms in total. The minimum absolute atomic E-state index is 0.147. The molecule has 2 aromatic rings. The number of amides is 1. The van der Waals surface area contributed by atoms with Gasteiger partial charge in [0.2, 0.25) is 10.4 Å². The highest BCUT2D eigenvalue weighted by atomic mass is 32.3. The van der Waals surface area contributed by atoms with Crippen LogP contribution in [0.3, 0.4) is 0 Å². The quantitative estimate of drug-likeness (QED) is 0.247. The first-order valence-electron chi connectivity index (χ1n) is 11.3. The second kappa shape index (κ2) is 12.1. The van der Waals surface area contributed by atoms with Crippen LogP contribution in [-0.2, 0) is 19.4 Å². The van der Waals surface area contributed by atoms with Crippen LogP contribution in [0.4, 0.5) is 11.4 Å². The number of carbonyl (C=O) groups is 1. The number of nitrogens with zero attached hydrogens (tertiary/aromatic N) is 4. The highest BCUT2D eigenvalue weighted by molar-refractivity contribution is 7.80. The second-order valence-electron chi connectivity index (χ2n) is 9.14. The van der Waals surface area contributed by atoms with E-state index in [-0.39, 0.29) is 11.7 Å². The number of likely N-dealkylation sites (N-methyl/N-ethyl adjacent to an activating group) is 2. The van der Waals surface area contributed by atoms with E-state index in [9.17, 15) is 22.9 Å². The van der Waals surface area contributed by atoms with E-state index in [1.54, 1.807) is 30.3 Å². The molecule has 1 amide bonds. The minimum atomic E-state index is -4.41. The summed E-state index contributed by atoms with van der Waals surface area (Å²) in [5.74, 6) is 0.0512. The molecule has 11 heteroatoms. The van der Waals surface area contributed by atoms with Crippen LogP contribution in [0.15, 0.2) is 59.2 Å². The third kappa shape index (κ3) is 8.76. The van der Waals surface area contributed by atoms with Crippen molar-refractivity contribution < 1.29 is 31.5 Å². The van der Waals surface area contributed by atoms with E-state index in [4.69, 9.17) is 0 Å². The minimum Gasteiger partial charge on any atom is -0.726 e. The number of phenolic OH excluding ortho intramolecular Hbond substituents is 1. The highest BCUT2D eigenvalue weighted by Crippen LogP contribution is 2.27. The lowest BCUT2D eigenvalue weighted by molar-refractivity contribution is -0.868. The highest BCUT2D eigenvalue weighted by Gasteiger charge is 2.28. The number of quaternary nitrogens is 1. The fourth-order valence-electron chi connectivity index (χ4n) is 3.29. The van der Waals surface area contributed by atoms with Crippen molar-refractivity contribution >= 4 is 39.5 Å². The Morgan fingerprint density at radius 1 is 1.11 bits per heavy atom. The fraction of sp³-hybridized carbons (Fsp3) is 0.360. The van der Waals surface area contributed by atoms with Crippen molar-refractivity contribution in [3.05, 3.63) is 59.7 Å². The van der Waals surface area contributed by atoms with Gasteiger partial charge < -0.3 is 19.0 Å². The predicted octanol–water partition coefficient (Wildman–Crippen LogP) is 2.82. The summed E-state index contributed by atoms with van der Waals surface area (Å²) in [7, 11) is 2.98. The third-order valence-corrected chi connectivity index (χ3v) is 5.76. The standard InChI is InChI=1S/C24H30N4O2.CH4O4S/c1-6-26(15-16-28(3,4)5)20-9-11-21(12-10-20)27-24(30)23(18(2)25-27)17-19-7-13-22(29)14-8-19;1-5-6(2,3)4/h7-14,17H,6,15-16H2,1-5H3;1H3,(H,2,3,4). The maximum absolute atomic E-state index is 13.0. The van der Waals surface area contributed by atoms with Crippen LogP contribution in [0, 0.1) is 0 Å². The van der Waals surface area contributed by atoms with Crippen molar-refractivity contribution in [3.8, 4) is 5.75 Å². The summed E-state index contributed by atoms with van der Waals surface area (Å²) >= 11 is 0. The molecule has 0 saturated heterocycles. The Hall–Kier alpha value is -3.25. The molecule has 196 valence electrons. The topological polar surface area (TPSA) is 123 Å². The zero-order valence-corrected chi connectivity index (χ0v) is 22.3. The van der Waals surface area contributed by atoms with Crippen molar-refractivity contribution in [3.63, 3.8) is 0 Å². The van der Waals surface area contributed by atoms with E-state index in [0.29, 0.717) is 11.3 Å². The van der Waals surface area contributed by atoms with Crippen molar-refractivity contribution in [2.24, 2.45) is 5.10 Å². The average molecular weight is 519 g/mol. The first-order valence-corrected chi connectivity index (χ1v) is 12.6. The Balaban J connectivity index is 0.000000678. The van der Waals surface area contributed by atoms with Crippen LogP contribution in [-0.4, -0.2) is 82.1 Å². The number of benzene rings is 2. The van der Waals surface area contributed by atoms with E-state index in [0.717, 1.165) is 48.2 Å². The first kappa shape index (κ1) is 29.0. The summed E-state index contributed by atoms with van der Waals surface area (Å²) < 4.78 is 31.9. The molecule has 0 atom stereocenters. The number of carbonyl (C=O) groups excluding carboxylic acids is 1. The summed E-state index contributed by atoms with van der Waals surface area (Å²) in [6, 6.07) is 14.7. The lowest BCUT2D eigenvalue weighted by Gasteiger charge is -2.29. The molecule has 2 aromatic carbocycles. The van der Waals surface area contributed by atoms with E-state index in [1.165, 1.54) is 5.01 Å². The lowest BCUT2D eigenvalue weighted by Crippen LogP contribution is -2.42. The van der Waals surface area contributed by atoms with Gasteiger partial charge >= 0.3 is 0 Å². The molecule has 1 aliphatic heterocycles. The monoisotopic (exact) mass is 518 g/mol. The van der Waals surface area contributed by atoms with Gasteiger partial charge in [0.25, 0.3) is 5.91 Å². The molecular weight excluding hydrogens is 484 g/mol. The zero-order valence-electron chi connectivity index (χ0n) is 21.5. The molecule has 1 N–H and O–H groups in total. The number of hydrazone groups is 1. The molecule has 36 heavy (non-hydrogen) atoms. The van der Waals surface area contributed by atoms with Crippen LogP contribution in [0.2, 0.25) is 0 Å². The van der Waals surface area contributed by atoms with Gasteiger partial charge in [0.15, 0.2) is 0 Å². The molecule has 1 heterocycles. The second-order valence-corrected chi connectivity index (χ2v) is 10.3. The summed E-state index contributed by atoms with van der Waals surface area (Å²) in [6.07, 6.45) is 1.80. The molecule has 0 radical (unpaired) electrons. The van der Waals surface area contributed by atoms with Gasteiger partial charge in [0.1, 0.15) is 5.75 Å². The van der Waals surface area contributed by atoms with E-state index < -0.39 is 10.4 Å². The Morgan fingerprint density at radius 2 is 1.67 bits per heavy atom. The van der Waals surface area contributed by atoms with Gasteiger partial charge in [-0.1, -0.05) is 12.1 Å². The summed E-state index contributed by atoms with van der Waals surface area (Å²) in [5, 5.41) is 15.4. The zero-order chi connectivity index (χ0) is 27.1. The van der Waals surface area contributed by atoms with Gasteiger partial charge in [-0.2, -0.15) is 10.1 Å². The maximum atomic E-state index is 13.0. The predicted molar refractivity (Wildman–Crippen MR) is 141 cm³/mol. The van der Waals surface area contributed by atoms with Crippen LogP contribution in [0.1, 0.15) is 19.4 Å². The van der Waals surface area contributed by atoms with Crippen molar-refractivity contribution in [2.75, 3.05) is 57.8 Å². The van der Waals surface area contributed by atoms with Gasteiger partial charge in [-0.05, 0) is 61.9 Å². The molecule has 3 rings (SSSR count). The first-order chi connectivity index (χ1) is 16.7. The Morgan fingerprint density at radius 3 is 2.14 bits per heavy atom. The Bertz CT molecular complexity index is 1200. The number of phenols is 1. The summed E-state index contributed by atoms with van der Waals surface area (Å²) in [4.78, 5) is 15.3. The smallest absolute Gasteiger partial charge is 0.280 e. The number of hydrogen-bond donors (Lipinski definition) is 1. The van der Waals surface area contributed by atoms with E-state index in [1.807, 2.05) is 31.2 Å². The van der Waals surface area contributed by atoms with Gasteiger partial charge in [0.05, 0.1) is 58.3 Å². The lowest BCUT2D eigenvalue weighted by atomic mass is 10.1. The normalized spacial score (nSPS) is 15.0. The van der Waals surface area contributed by atoms with Gasteiger partial charge in [-0.15, -0.1) is 0 Å². The Kier molecular flexibility index (Phi) is 9.77. The van der Waals surface area contributed by atoms with Crippen LogP contribution in [0.25, 0.3) is 6.08 Å². The molecule has 0 fully saturated rings. The Labute approximate surface area is 213 Å². The molecule has 0 saturated carbocycles. The average Bonchev–Trinajstić information content (AvgIpc) is 3.09. The summed E-state index contributed by atoms with van der Waals surface area (Å²) in [5.41, 5.74) is 3.97. The number of rotatable bonds is 8.